The third-order valence-electron chi connectivity index (χ3n) is 4.55. The first-order chi connectivity index (χ1) is 11.9. The number of nitrogens with one attached hydrogen (secondary N) is 2. The first-order valence-electron chi connectivity index (χ1n) is 8.58. The molecular formula is C17H24F3N5. The van der Waals surface area contributed by atoms with Gasteiger partial charge in [0.15, 0.2) is 0 Å². The average molecular weight is 355 g/mol. The quantitative estimate of drug-likeness (QED) is 0.873. The number of hydrogen-bond donors (Lipinski definition) is 2. The smallest absolute Gasteiger partial charge is 0.368 e. The standard InChI is InChI=1S/C17H24F3N5/c1-24-7-9-25(10-8-24)15-4-3-13(11-14(15)17(18,19)20)23-16-12-21-5-2-6-22-16/h3-4,11-12,16,22-23H,2,5-10H2,1H3. The minimum absolute atomic E-state index is 0.252. The van der Waals surface area contributed by atoms with Gasteiger partial charge >= 0.3 is 6.18 Å². The van der Waals surface area contributed by atoms with Gasteiger partial charge < -0.3 is 15.1 Å². The van der Waals surface area contributed by atoms with Crippen molar-refractivity contribution in [2.45, 2.75) is 18.8 Å². The van der Waals surface area contributed by atoms with E-state index in [1.807, 2.05) is 11.9 Å². The molecule has 138 valence electrons. The second-order valence-corrected chi connectivity index (χ2v) is 6.50. The fourth-order valence-corrected chi connectivity index (χ4v) is 3.10. The zero-order chi connectivity index (χ0) is 17.9. The molecule has 2 N–H and O–H groups in total. The van der Waals surface area contributed by atoms with Gasteiger partial charge in [0.25, 0.3) is 0 Å². The summed E-state index contributed by atoms with van der Waals surface area (Å²) in [7, 11) is 1.98. The Balaban J connectivity index is 1.82. The molecule has 0 aliphatic carbocycles. The average Bonchev–Trinajstić information content (AvgIpc) is 2.84. The molecule has 1 unspecified atom stereocenters. The van der Waals surface area contributed by atoms with Crippen molar-refractivity contribution in [1.29, 1.82) is 0 Å². The summed E-state index contributed by atoms with van der Waals surface area (Å²) in [6, 6.07) is 4.49. The minimum Gasteiger partial charge on any atom is -0.368 e. The van der Waals surface area contributed by atoms with Gasteiger partial charge in [0.1, 0.15) is 6.17 Å². The number of alkyl halides is 3. The summed E-state index contributed by atoms with van der Waals surface area (Å²) < 4.78 is 40.8. The fourth-order valence-electron chi connectivity index (χ4n) is 3.10. The van der Waals surface area contributed by atoms with Gasteiger partial charge in [-0.15, -0.1) is 0 Å². The predicted octanol–water partition coefficient (Wildman–Crippen LogP) is 2.26. The highest BCUT2D eigenvalue weighted by atomic mass is 19.4. The fraction of sp³-hybridized carbons (Fsp3) is 0.588. The molecule has 2 aliphatic rings. The SMILES string of the molecule is CN1CCN(c2ccc(NC3C=NCCCN3)cc2C(F)(F)F)CC1. The maximum absolute atomic E-state index is 13.6. The van der Waals surface area contributed by atoms with Crippen molar-refractivity contribution < 1.29 is 13.2 Å². The van der Waals surface area contributed by atoms with Crippen molar-refractivity contribution in [3.8, 4) is 0 Å². The van der Waals surface area contributed by atoms with Crippen molar-refractivity contribution in [1.82, 2.24) is 10.2 Å². The Bertz CT molecular complexity index is 609. The van der Waals surface area contributed by atoms with Gasteiger partial charge in [0.05, 0.1) is 5.56 Å². The van der Waals surface area contributed by atoms with Crippen LogP contribution in [0.15, 0.2) is 23.2 Å². The zero-order valence-electron chi connectivity index (χ0n) is 14.3. The molecule has 0 spiro atoms. The van der Waals surface area contributed by atoms with Crippen LogP contribution in [-0.4, -0.2) is 63.6 Å². The summed E-state index contributed by atoms with van der Waals surface area (Å²) >= 11 is 0. The van der Waals surface area contributed by atoms with Crippen LogP contribution in [0.2, 0.25) is 0 Å². The van der Waals surface area contributed by atoms with Crippen LogP contribution in [0.3, 0.4) is 0 Å². The Morgan fingerprint density at radius 2 is 1.96 bits per heavy atom. The Morgan fingerprint density at radius 1 is 1.20 bits per heavy atom. The highest BCUT2D eigenvalue weighted by molar-refractivity contribution is 5.71. The van der Waals surface area contributed by atoms with Crippen LogP contribution < -0.4 is 15.5 Å². The number of rotatable bonds is 3. The van der Waals surface area contributed by atoms with E-state index in [-0.39, 0.29) is 11.9 Å². The van der Waals surface area contributed by atoms with E-state index in [1.165, 1.54) is 6.07 Å². The first kappa shape index (κ1) is 18.0. The molecule has 0 saturated carbocycles. The molecule has 1 atom stereocenters. The Labute approximate surface area is 145 Å². The molecule has 0 radical (unpaired) electrons. The van der Waals surface area contributed by atoms with Crippen LogP contribution in [0.1, 0.15) is 12.0 Å². The van der Waals surface area contributed by atoms with Gasteiger partial charge in [-0.1, -0.05) is 0 Å². The van der Waals surface area contributed by atoms with E-state index >= 15 is 0 Å². The first-order valence-corrected chi connectivity index (χ1v) is 8.58. The van der Waals surface area contributed by atoms with E-state index in [4.69, 9.17) is 0 Å². The van der Waals surface area contributed by atoms with E-state index in [1.54, 1.807) is 18.3 Å². The van der Waals surface area contributed by atoms with Gasteiger partial charge in [-0.3, -0.25) is 10.3 Å². The van der Waals surface area contributed by atoms with E-state index in [0.29, 0.717) is 18.8 Å². The number of hydrogen-bond acceptors (Lipinski definition) is 5. The van der Waals surface area contributed by atoms with E-state index < -0.39 is 11.7 Å². The normalized spacial score (nSPS) is 22.7. The van der Waals surface area contributed by atoms with Crippen molar-refractivity contribution in [3.05, 3.63) is 23.8 Å². The maximum atomic E-state index is 13.6. The van der Waals surface area contributed by atoms with Crippen molar-refractivity contribution >= 4 is 17.6 Å². The molecule has 0 aromatic heterocycles. The highest BCUT2D eigenvalue weighted by Gasteiger charge is 2.35. The molecular weight excluding hydrogens is 331 g/mol. The summed E-state index contributed by atoms with van der Waals surface area (Å²) in [6.45, 7) is 4.25. The number of likely N-dealkylation sites (N-methyl/N-ethyl adjacent to an activating group) is 1. The van der Waals surface area contributed by atoms with Crippen LogP contribution >= 0.6 is 0 Å². The molecule has 1 aromatic rings. The largest absolute Gasteiger partial charge is 0.418 e. The number of nitrogens with zero attached hydrogens (tertiary/aromatic N) is 3. The van der Waals surface area contributed by atoms with Crippen molar-refractivity contribution in [2.75, 3.05) is 56.5 Å². The molecule has 3 rings (SSSR count). The second kappa shape index (κ2) is 7.61. The lowest BCUT2D eigenvalue weighted by molar-refractivity contribution is -0.137. The minimum atomic E-state index is -4.39. The van der Waals surface area contributed by atoms with Crippen molar-refractivity contribution in [3.63, 3.8) is 0 Å². The molecule has 1 saturated heterocycles. The lowest BCUT2D eigenvalue weighted by Gasteiger charge is -2.35. The van der Waals surface area contributed by atoms with E-state index in [2.05, 4.69) is 20.5 Å². The van der Waals surface area contributed by atoms with Crippen LogP contribution in [0, 0.1) is 0 Å². The summed E-state index contributed by atoms with van der Waals surface area (Å²) in [6.07, 6.45) is -2.00. The summed E-state index contributed by atoms with van der Waals surface area (Å²) in [4.78, 5) is 8.17. The molecule has 1 aromatic carbocycles. The number of aliphatic imine (C=N–C) groups is 1. The second-order valence-electron chi connectivity index (χ2n) is 6.50. The highest BCUT2D eigenvalue weighted by Crippen LogP contribution is 2.38. The van der Waals surface area contributed by atoms with Crippen LogP contribution in [0.5, 0.6) is 0 Å². The number of benzene rings is 1. The zero-order valence-corrected chi connectivity index (χ0v) is 14.3. The maximum Gasteiger partial charge on any atom is 0.418 e. The number of halogens is 3. The molecule has 2 heterocycles. The van der Waals surface area contributed by atoms with Gasteiger partial charge in [-0.05, 0) is 38.2 Å². The van der Waals surface area contributed by atoms with Crippen LogP contribution in [0.4, 0.5) is 24.5 Å². The topological polar surface area (TPSA) is 42.9 Å². The predicted molar refractivity (Wildman–Crippen MR) is 94.5 cm³/mol. The van der Waals surface area contributed by atoms with E-state index in [9.17, 15) is 13.2 Å². The summed E-state index contributed by atoms with van der Waals surface area (Å²) in [5.41, 5.74) is 0.109. The Kier molecular flexibility index (Phi) is 5.48. The summed E-state index contributed by atoms with van der Waals surface area (Å²) in [5.74, 6) is 0. The van der Waals surface area contributed by atoms with E-state index in [0.717, 1.165) is 32.6 Å². The van der Waals surface area contributed by atoms with Crippen molar-refractivity contribution in [2.24, 2.45) is 4.99 Å². The van der Waals surface area contributed by atoms with Crippen LogP contribution in [0.25, 0.3) is 0 Å². The van der Waals surface area contributed by atoms with Gasteiger partial charge in [0.2, 0.25) is 0 Å². The number of anilines is 2. The third kappa shape index (κ3) is 4.64. The molecule has 0 amide bonds. The van der Waals surface area contributed by atoms with Gasteiger partial charge in [-0.2, -0.15) is 13.2 Å². The number of piperazine rings is 1. The monoisotopic (exact) mass is 355 g/mol. The molecule has 2 aliphatic heterocycles. The Morgan fingerprint density at radius 3 is 2.68 bits per heavy atom. The van der Waals surface area contributed by atoms with Gasteiger partial charge in [-0.25, -0.2) is 0 Å². The molecule has 8 heteroatoms. The lowest BCUT2D eigenvalue weighted by atomic mass is 10.1. The molecule has 0 bridgehead atoms. The Hall–Kier alpha value is -1.80. The van der Waals surface area contributed by atoms with Gasteiger partial charge in [0, 0.05) is 50.3 Å². The molecule has 1 fully saturated rings. The summed E-state index contributed by atoms with van der Waals surface area (Å²) in [5, 5.41) is 6.30. The molecule has 5 nitrogen and oxygen atoms in total. The third-order valence-corrected chi connectivity index (χ3v) is 4.55. The molecule has 25 heavy (non-hydrogen) atoms. The van der Waals surface area contributed by atoms with Crippen LogP contribution in [-0.2, 0) is 6.18 Å². The lowest BCUT2D eigenvalue weighted by Crippen LogP contribution is -2.45.